The van der Waals surface area contributed by atoms with Gasteiger partial charge < -0.3 is 0 Å². The van der Waals surface area contributed by atoms with E-state index in [-0.39, 0.29) is 18.2 Å². The lowest BCUT2D eigenvalue weighted by Gasteiger charge is -2.37. The van der Waals surface area contributed by atoms with Gasteiger partial charge in [0, 0.05) is 18.2 Å². The summed E-state index contributed by atoms with van der Waals surface area (Å²) in [5.41, 5.74) is 0.785. The van der Waals surface area contributed by atoms with E-state index in [1.165, 1.54) is 4.31 Å². The van der Waals surface area contributed by atoms with Crippen molar-refractivity contribution in [2.24, 2.45) is 0 Å². The molecule has 128 valence electrons. The van der Waals surface area contributed by atoms with Gasteiger partial charge in [-0.25, -0.2) is 17.2 Å². The summed E-state index contributed by atoms with van der Waals surface area (Å²) in [6.45, 7) is 1.65. The highest BCUT2D eigenvalue weighted by molar-refractivity contribution is 7.89. The van der Waals surface area contributed by atoms with E-state index in [2.05, 4.69) is 0 Å². The third-order valence-corrected chi connectivity index (χ3v) is 6.90. The molecule has 2 atom stereocenters. The Bertz CT molecular complexity index is 824. The van der Waals surface area contributed by atoms with Gasteiger partial charge in [0.1, 0.15) is 16.9 Å². The third kappa shape index (κ3) is 3.21. The molecule has 0 unspecified atom stereocenters. The normalized spacial score (nSPS) is 24.0. The summed E-state index contributed by atoms with van der Waals surface area (Å²) in [6, 6.07) is 11.9. The Morgan fingerprint density at radius 1 is 1.08 bits per heavy atom. The summed E-state index contributed by atoms with van der Waals surface area (Å²) in [5, 5.41) is -0.647. The summed E-state index contributed by atoms with van der Waals surface area (Å²) in [6.07, 6.45) is 1.20. The molecule has 1 aliphatic rings. The Hall–Kier alpha value is -1.79. The van der Waals surface area contributed by atoms with Gasteiger partial charge in [-0.2, -0.15) is 4.31 Å². The van der Waals surface area contributed by atoms with E-state index in [0.717, 1.165) is 23.8 Å². The Morgan fingerprint density at radius 3 is 2.50 bits per heavy atom. The molecule has 0 amide bonds. The molecule has 0 aliphatic carbocycles. The van der Waals surface area contributed by atoms with Crippen LogP contribution in [-0.2, 0) is 16.6 Å². The number of rotatable bonds is 3. The summed E-state index contributed by atoms with van der Waals surface area (Å²) in [5.74, 6) is -1.17. The number of halogens is 2. The molecule has 0 N–H and O–H groups in total. The van der Waals surface area contributed by atoms with Gasteiger partial charge in [-0.05, 0) is 43.5 Å². The number of hydrogen-bond donors (Lipinski definition) is 0. The van der Waals surface area contributed by atoms with Gasteiger partial charge in [0.25, 0.3) is 0 Å². The van der Waals surface area contributed by atoms with Gasteiger partial charge in [0.15, 0.2) is 0 Å². The van der Waals surface area contributed by atoms with Gasteiger partial charge in [0.05, 0.1) is 0 Å². The summed E-state index contributed by atoms with van der Waals surface area (Å²) in [7, 11) is -3.65. The van der Waals surface area contributed by atoms with Crippen LogP contribution in [-0.4, -0.2) is 18.8 Å². The largest absolute Gasteiger partial charge is 0.221 e. The van der Waals surface area contributed by atoms with E-state index in [1.54, 1.807) is 31.2 Å². The Morgan fingerprint density at radius 2 is 1.79 bits per heavy atom. The van der Waals surface area contributed by atoms with Crippen molar-refractivity contribution in [2.45, 2.75) is 37.6 Å². The molecule has 1 saturated heterocycles. The lowest BCUT2D eigenvalue weighted by molar-refractivity contribution is 0.279. The molecule has 1 aliphatic heterocycles. The second-order valence-corrected chi connectivity index (χ2v) is 8.22. The smallest absolute Gasteiger partial charge is 0.212 e. The van der Waals surface area contributed by atoms with Crippen LogP contribution in [0.5, 0.6) is 0 Å². The summed E-state index contributed by atoms with van der Waals surface area (Å²) in [4.78, 5) is 0. The van der Waals surface area contributed by atoms with Crippen LogP contribution in [0.3, 0.4) is 0 Å². The number of sulfonamides is 1. The van der Waals surface area contributed by atoms with Crippen LogP contribution in [0.4, 0.5) is 8.78 Å². The first kappa shape index (κ1) is 17.0. The molecule has 1 heterocycles. The molecule has 2 aromatic carbocycles. The number of benzene rings is 2. The Balaban J connectivity index is 1.95. The predicted molar refractivity (Wildman–Crippen MR) is 88.7 cm³/mol. The molecule has 0 spiro atoms. The topological polar surface area (TPSA) is 37.4 Å². The minimum Gasteiger partial charge on any atom is -0.212 e. The van der Waals surface area contributed by atoms with Crippen molar-refractivity contribution in [2.75, 3.05) is 0 Å². The quantitative estimate of drug-likeness (QED) is 0.837. The molecule has 0 radical (unpaired) electrons. The molecule has 2 aromatic rings. The lowest BCUT2D eigenvalue weighted by Crippen LogP contribution is -2.44. The fraction of sp³-hybridized carbons (Fsp3) is 0.333. The maximum absolute atomic E-state index is 13.9. The fourth-order valence-electron chi connectivity index (χ4n) is 3.18. The van der Waals surface area contributed by atoms with Crippen LogP contribution in [0.25, 0.3) is 0 Å². The predicted octanol–water partition coefficient (Wildman–Crippen LogP) is 4.02. The molecular formula is C18H19F2NO2S. The highest BCUT2D eigenvalue weighted by atomic mass is 32.2. The maximum atomic E-state index is 13.9. The fourth-order valence-corrected chi connectivity index (χ4v) is 5.37. The van der Waals surface area contributed by atoms with Gasteiger partial charge >= 0.3 is 0 Å². The highest BCUT2D eigenvalue weighted by Crippen LogP contribution is 2.38. The standard InChI is InChI=1S/C18H19F2NO2S/c1-13-7-10-18(14-5-3-2-4-6-14)24(22,23)21(13)12-15-11-16(19)8-9-17(15)20/h2-6,8-9,11,13,18H,7,10,12H2,1H3/t13-,18+/m0/s1. The third-order valence-electron chi connectivity index (χ3n) is 4.53. The van der Waals surface area contributed by atoms with Gasteiger partial charge in [-0.3, -0.25) is 0 Å². The van der Waals surface area contributed by atoms with Crippen LogP contribution in [0, 0.1) is 11.6 Å². The molecule has 6 heteroatoms. The van der Waals surface area contributed by atoms with E-state index in [1.807, 2.05) is 6.07 Å². The van der Waals surface area contributed by atoms with E-state index in [9.17, 15) is 17.2 Å². The average Bonchev–Trinajstić information content (AvgIpc) is 2.55. The minimum atomic E-state index is -3.65. The molecule has 0 saturated carbocycles. The van der Waals surface area contributed by atoms with Crippen molar-refractivity contribution in [1.82, 2.24) is 4.31 Å². The second kappa shape index (κ2) is 6.61. The summed E-state index contributed by atoms with van der Waals surface area (Å²) >= 11 is 0. The second-order valence-electron chi connectivity index (χ2n) is 6.15. The SMILES string of the molecule is C[C@H]1CC[C@H](c2ccccc2)S(=O)(=O)N1Cc1cc(F)ccc1F. The van der Waals surface area contributed by atoms with Crippen molar-refractivity contribution in [1.29, 1.82) is 0 Å². The van der Waals surface area contributed by atoms with Crippen LogP contribution in [0.2, 0.25) is 0 Å². The van der Waals surface area contributed by atoms with E-state index in [0.29, 0.717) is 12.8 Å². The molecule has 1 fully saturated rings. The monoisotopic (exact) mass is 351 g/mol. The first-order valence-corrected chi connectivity index (χ1v) is 9.39. The molecule has 0 aromatic heterocycles. The van der Waals surface area contributed by atoms with Gasteiger partial charge in [0.2, 0.25) is 10.0 Å². The van der Waals surface area contributed by atoms with Crippen molar-refractivity contribution in [3.8, 4) is 0 Å². The zero-order chi connectivity index (χ0) is 17.3. The zero-order valence-corrected chi connectivity index (χ0v) is 14.1. The maximum Gasteiger partial charge on any atom is 0.221 e. The van der Waals surface area contributed by atoms with Crippen molar-refractivity contribution < 1.29 is 17.2 Å². The number of nitrogens with zero attached hydrogens (tertiary/aromatic N) is 1. The van der Waals surface area contributed by atoms with Crippen molar-refractivity contribution in [3.63, 3.8) is 0 Å². The Labute approximate surface area is 141 Å². The lowest BCUT2D eigenvalue weighted by atomic mass is 10.0. The van der Waals surface area contributed by atoms with Gasteiger partial charge in [-0.15, -0.1) is 0 Å². The first-order valence-electron chi connectivity index (χ1n) is 7.89. The van der Waals surface area contributed by atoms with Crippen LogP contribution >= 0.6 is 0 Å². The van der Waals surface area contributed by atoms with Crippen molar-refractivity contribution in [3.05, 3.63) is 71.3 Å². The molecule has 3 rings (SSSR count). The molecular weight excluding hydrogens is 332 g/mol. The highest BCUT2D eigenvalue weighted by Gasteiger charge is 2.40. The van der Waals surface area contributed by atoms with Gasteiger partial charge in [-0.1, -0.05) is 30.3 Å². The van der Waals surface area contributed by atoms with E-state index in [4.69, 9.17) is 0 Å². The first-order chi connectivity index (χ1) is 11.4. The molecule has 3 nitrogen and oxygen atoms in total. The van der Waals surface area contributed by atoms with Crippen molar-refractivity contribution >= 4 is 10.0 Å². The Kier molecular flexibility index (Phi) is 4.69. The van der Waals surface area contributed by atoms with E-state index < -0.39 is 26.9 Å². The van der Waals surface area contributed by atoms with E-state index >= 15 is 0 Å². The summed E-state index contributed by atoms with van der Waals surface area (Å²) < 4.78 is 54.7. The molecule has 24 heavy (non-hydrogen) atoms. The van der Waals surface area contributed by atoms with Crippen LogP contribution < -0.4 is 0 Å². The minimum absolute atomic E-state index is 0.0548. The number of hydrogen-bond acceptors (Lipinski definition) is 2. The van der Waals surface area contributed by atoms with Crippen LogP contribution in [0.15, 0.2) is 48.5 Å². The van der Waals surface area contributed by atoms with Crippen LogP contribution in [0.1, 0.15) is 36.1 Å². The zero-order valence-electron chi connectivity index (χ0n) is 13.3. The molecule has 0 bridgehead atoms. The average molecular weight is 351 g/mol.